The maximum atomic E-state index is 12.1. The molecule has 0 spiro atoms. The van der Waals surface area contributed by atoms with Crippen LogP contribution in [0.3, 0.4) is 0 Å². The number of ether oxygens (including phenoxy) is 1. The van der Waals surface area contributed by atoms with E-state index in [9.17, 15) is 24.2 Å². The zero-order valence-electron chi connectivity index (χ0n) is 40.8. The molecular weight excluding hydrogens is 798 g/mol. The van der Waals surface area contributed by atoms with E-state index in [1.165, 1.54) is 212 Å². The van der Waals surface area contributed by atoms with E-state index in [1.54, 1.807) is 0 Å². The summed E-state index contributed by atoms with van der Waals surface area (Å²) in [6.45, 7) is 3.61. The fourth-order valence-electron chi connectivity index (χ4n) is 7.91. The van der Waals surface area contributed by atoms with Crippen molar-refractivity contribution in [3.05, 3.63) is 12.2 Å². The number of hydrogen-bond acceptors (Lipinski definition) is 7. The maximum Gasteiger partial charge on any atom is 0.472 e. The molecule has 0 rings (SSSR count). The van der Waals surface area contributed by atoms with E-state index in [4.69, 9.17) is 13.8 Å². The monoisotopic (exact) mass is 900 g/mol. The number of aliphatic hydroxyl groups is 1. The maximum absolute atomic E-state index is 12.1. The van der Waals surface area contributed by atoms with Gasteiger partial charge in [0.2, 0.25) is 5.91 Å². The standard InChI is InChI=1S/C52H102NO8P/c1-3-5-7-9-11-13-15-17-19-21-22-23-24-25-26-27-29-31-33-35-37-39-41-43-45-52(56)59-48-50(54)49-61-62(57,58)60-47-46-53-51(55)44-42-40-38-36-34-32-30-28-20-18-16-14-12-10-8-6-4-2/h18,20,50,54H,3-17,19,21-49H2,1-2H3,(H,53,55)(H,57,58)/b20-18-. The lowest BCUT2D eigenvalue weighted by molar-refractivity contribution is -0.147. The molecule has 0 aromatic carbocycles. The van der Waals surface area contributed by atoms with Crippen LogP contribution in [0, 0.1) is 0 Å². The molecule has 0 bridgehead atoms. The Hall–Kier alpha value is -1.25. The summed E-state index contributed by atoms with van der Waals surface area (Å²) in [7, 11) is -4.42. The van der Waals surface area contributed by atoms with Gasteiger partial charge in [-0.3, -0.25) is 18.6 Å². The number of carbonyl (C=O) groups excluding carboxylic acids is 2. The predicted octanol–water partition coefficient (Wildman–Crippen LogP) is 15.7. The Balaban J connectivity index is 3.50. The van der Waals surface area contributed by atoms with Gasteiger partial charge in [0.25, 0.3) is 0 Å². The van der Waals surface area contributed by atoms with Gasteiger partial charge in [0.05, 0.1) is 13.2 Å². The first-order chi connectivity index (χ1) is 30.3. The molecule has 0 heterocycles. The van der Waals surface area contributed by atoms with Crippen LogP contribution in [0.1, 0.15) is 277 Å². The third-order valence-corrected chi connectivity index (χ3v) is 12.9. The Morgan fingerprint density at radius 2 is 0.823 bits per heavy atom. The number of rotatable bonds is 51. The fraction of sp³-hybridized carbons (Fsp3) is 0.923. The molecule has 9 nitrogen and oxygen atoms in total. The topological polar surface area (TPSA) is 131 Å². The smallest absolute Gasteiger partial charge is 0.463 e. The third kappa shape index (κ3) is 49.8. The molecule has 62 heavy (non-hydrogen) atoms. The van der Waals surface area contributed by atoms with Crippen molar-refractivity contribution in [3.8, 4) is 0 Å². The molecule has 0 aromatic rings. The van der Waals surface area contributed by atoms with E-state index in [2.05, 4.69) is 31.3 Å². The number of phosphoric acid groups is 1. The fourth-order valence-corrected chi connectivity index (χ4v) is 8.67. The largest absolute Gasteiger partial charge is 0.472 e. The van der Waals surface area contributed by atoms with Crippen LogP contribution in [0.25, 0.3) is 0 Å². The van der Waals surface area contributed by atoms with Gasteiger partial charge in [-0.2, -0.15) is 0 Å². The summed E-state index contributed by atoms with van der Waals surface area (Å²) in [6.07, 6.45) is 54.5. The number of aliphatic hydroxyl groups excluding tert-OH is 1. The lowest BCUT2D eigenvalue weighted by Crippen LogP contribution is -2.27. The number of allylic oxidation sites excluding steroid dienone is 2. The minimum atomic E-state index is -4.42. The minimum absolute atomic E-state index is 0.0833. The van der Waals surface area contributed by atoms with Gasteiger partial charge in [-0.15, -0.1) is 0 Å². The third-order valence-electron chi connectivity index (χ3n) is 11.9. The van der Waals surface area contributed by atoms with Crippen LogP contribution in [0.5, 0.6) is 0 Å². The summed E-state index contributed by atoms with van der Waals surface area (Å²) in [4.78, 5) is 34.1. The Bertz CT molecular complexity index is 1030. The average Bonchev–Trinajstić information content (AvgIpc) is 3.26. The molecule has 10 heteroatoms. The second-order valence-corrected chi connectivity index (χ2v) is 19.7. The summed E-state index contributed by atoms with van der Waals surface area (Å²) in [5.74, 6) is -0.506. The molecule has 0 fully saturated rings. The van der Waals surface area contributed by atoms with Crippen LogP contribution < -0.4 is 5.32 Å². The van der Waals surface area contributed by atoms with Gasteiger partial charge < -0.3 is 20.1 Å². The van der Waals surface area contributed by atoms with E-state index < -0.39 is 26.5 Å². The van der Waals surface area contributed by atoms with E-state index in [1.807, 2.05) is 0 Å². The highest BCUT2D eigenvalue weighted by Crippen LogP contribution is 2.42. The molecule has 2 unspecified atom stereocenters. The second-order valence-electron chi connectivity index (χ2n) is 18.2. The van der Waals surface area contributed by atoms with E-state index >= 15 is 0 Å². The van der Waals surface area contributed by atoms with Crippen molar-refractivity contribution in [2.75, 3.05) is 26.4 Å². The first-order valence-corrected chi connectivity index (χ1v) is 28.2. The zero-order chi connectivity index (χ0) is 45.3. The molecule has 3 N–H and O–H groups in total. The van der Waals surface area contributed by atoms with E-state index in [-0.39, 0.29) is 32.1 Å². The van der Waals surface area contributed by atoms with Gasteiger partial charge in [-0.25, -0.2) is 4.57 Å². The Morgan fingerprint density at radius 1 is 0.484 bits per heavy atom. The highest BCUT2D eigenvalue weighted by molar-refractivity contribution is 7.47. The minimum Gasteiger partial charge on any atom is -0.463 e. The zero-order valence-corrected chi connectivity index (χ0v) is 41.7. The SMILES string of the molecule is CCCCCCCC/C=C\CCCCCCCCCC(=O)NCCOP(=O)(O)OCC(O)COC(=O)CCCCCCCCCCCCCCCCCCCCCCCCCC. The molecule has 0 aliphatic heterocycles. The van der Waals surface area contributed by atoms with Gasteiger partial charge >= 0.3 is 13.8 Å². The molecule has 0 aromatic heterocycles. The van der Waals surface area contributed by atoms with Crippen molar-refractivity contribution in [3.63, 3.8) is 0 Å². The molecule has 368 valence electrons. The van der Waals surface area contributed by atoms with Crippen LogP contribution >= 0.6 is 7.82 Å². The van der Waals surface area contributed by atoms with Crippen LogP contribution in [-0.2, 0) is 27.9 Å². The number of unbranched alkanes of at least 4 members (excludes halogenated alkanes) is 36. The summed E-state index contributed by atoms with van der Waals surface area (Å²) in [5.41, 5.74) is 0. The first-order valence-electron chi connectivity index (χ1n) is 26.7. The Labute approximate surface area is 383 Å². The van der Waals surface area contributed by atoms with Gasteiger partial charge in [-0.1, -0.05) is 238 Å². The highest BCUT2D eigenvalue weighted by Gasteiger charge is 2.23. The number of amides is 1. The quantitative estimate of drug-likeness (QED) is 0.0238. The highest BCUT2D eigenvalue weighted by atomic mass is 31.2. The lowest BCUT2D eigenvalue weighted by atomic mass is 10.0. The predicted molar refractivity (Wildman–Crippen MR) is 261 cm³/mol. The molecule has 0 radical (unpaired) electrons. The average molecular weight is 900 g/mol. The molecule has 2 atom stereocenters. The summed E-state index contributed by atoms with van der Waals surface area (Å²) < 4.78 is 27.0. The van der Waals surface area contributed by atoms with E-state index in [0.717, 1.165) is 38.5 Å². The summed E-state index contributed by atoms with van der Waals surface area (Å²) in [5, 5.41) is 12.8. The molecule has 0 saturated carbocycles. The van der Waals surface area contributed by atoms with Crippen LogP contribution in [0.2, 0.25) is 0 Å². The molecule has 0 aliphatic carbocycles. The summed E-state index contributed by atoms with van der Waals surface area (Å²) >= 11 is 0. The molecule has 0 aliphatic rings. The normalized spacial score (nSPS) is 13.2. The van der Waals surface area contributed by atoms with Crippen molar-refractivity contribution >= 4 is 19.7 Å². The van der Waals surface area contributed by atoms with Crippen molar-refractivity contribution in [1.82, 2.24) is 5.32 Å². The molecule has 0 saturated heterocycles. The van der Waals surface area contributed by atoms with Crippen molar-refractivity contribution in [2.45, 2.75) is 283 Å². The second kappa shape index (κ2) is 49.2. The molecule has 1 amide bonds. The number of nitrogens with one attached hydrogen (secondary N) is 1. The number of phosphoric ester groups is 1. The summed E-state index contributed by atoms with van der Waals surface area (Å²) in [6, 6.07) is 0. The van der Waals surface area contributed by atoms with Gasteiger partial charge in [0, 0.05) is 19.4 Å². The van der Waals surface area contributed by atoms with Crippen LogP contribution in [-0.4, -0.2) is 54.3 Å². The number of hydrogen-bond donors (Lipinski definition) is 3. The number of carbonyl (C=O) groups is 2. The first kappa shape index (κ1) is 60.8. The Kier molecular flexibility index (Phi) is 48.2. The Morgan fingerprint density at radius 3 is 1.21 bits per heavy atom. The van der Waals surface area contributed by atoms with Crippen molar-refractivity contribution in [2.24, 2.45) is 0 Å². The van der Waals surface area contributed by atoms with Crippen LogP contribution in [0.15, 0.2) is 12.2 Å². The molecular formula is C52H102NO8P. The van der Waals surface area contributed by atoms with Gasteiger partial charge in [-0.05, 0) is 38.5 Å². The van der Waals surface area contributed by atoms with Crippen molar-refractivity contribution < 1.29 is 37.9 Å². The van der Waals surface area contributed by atoms with Crippen molar-refractivity contribution in [1.29, 1.82) is 0 Å². The number of esters is 1. The van der Waals surface area contributed by atoms with Gasteiger partial charge in [0.15, 0.2) is 0 Å². The van der Waals surface area contributed by atoms with E-state index in [0.29, 0.717) is 6.42 Å². The van der Waals surface area contributed by atoms with Gasteiger partial charge in [0.1, 0.15) is 12.7 Å². The lowest BCUT2D eigenvalue weighted by Gasteiger charge is -2.15. The van der Waals surface area contributed by atoms with Crippen LogP contribution in [0.4, 0.5) is 0 Å².